The van der Waals surface area contributed by atoms with E-state index in [4.69, 9.17) is 15.0 Å². The molecule has 46 heavy (non-hydrogen) atoms. The molecule has 1 aromatic heterocycles. The number of pyridine rings is 1. The van der Waals surface area contributed by atoms with E-state index in [0.717, 1.165) is 34.2 Å². The molecule has 0 fully saturated rings. The van der Waals surface area contributed by atoms with Crippen molar-refractivity contribution < 1.29 is 78.1 Å². The average molecular weight is 816 g/mol. The van der Waals surface area contributed by atoms with Crippen molar-refractivity contribution in [1.82, 2.24) is 4.98 Å². The van der Waals surface area contributed by atoms with Crippen LogP contribution in [-0.4, -0.2) is 16.4 Å². The summed E-state index contributed by atoms with van der Waals surface area (Å²) in [6.45, 7) is 31.4. The zero-order valence-corrected chi connectivity index (χ0v) is 36.0. The normalized spacial score (nSPS) is 12.0. The van der Waals surface area contributed by atoms with Gasteiger partial charge in [-0.05, 0) is 94.9 Å². The third-order valence-electron chi connectivity index (χ3n) is 8.25. The van der Waals surface area contributed by atoms with Gasteiger partial charge >= 0.3 is 40.8 Å². The van der Waals surface area contributed by atoms with Gasteiger partial charge in [-0.15, -0.1) is 0 Å². The van der Waals surface area contributed by atoms with Gasteiger partial charge in [-0.1, -0.05) is 113 Å². The van der Waals surface area contributed by atoms with Crippen LogP contribution in [0, 0.1) is 40.8 Å². The van der Waals surface area contributed by atoms with Gasteiger partial charge < -0.3 is 37.2 Å². The van der Waals surface area contributed by atoms with Crippen LogP contribution in [0.2, 0.25) is 0 Å². The van der Waals surface area contributed by atoms with E-state index in [-0.39, 0.29) is 78.1 Å². The first kappa shape index (κ1) is 47.3. The molecule has 0 bridgehead atoms. The van der Waals surface area contributed by atoms with Crippen LogP contribution in [0.5, 0.6) is 0 Å². The van der Waals surface area contributed by atoms with Gasteiger partial charge in [0.15, 0.2) is 0 Å². The molecule has 3 nitrogen and oxygen atoms in total. The van der Waals surface area contributed by atoms with E-state index < -0.39 is 0 Å². The summed E-state index contributed by atoms with van der Waals surface area (Å²) in [7, 11) is 0. The maximum Gasteiger partial charge on any atom is 3.00 e. The van der Waals surface area contributed by atoms with Gasteiger partial charge in [0, 0.05) is 0 Å². The molecule has 0 aliphatic carbocycles. The number of hydrogen-bond donors (Lipinski definition) is 0. The predicted octanol–water partition coefficient (Wildman–Crippen LogP) is 3.12. The molecular weight excluding hydrogens is 761 g/mol. The van der Waals surface area contributed by atoms with Crippen molar-refractivity contribution in [1.29, 1.82) is 0 Å². The molecule has 0 saturated heterocycles. The van der Waals surface area contributed by atoms with Gasteiger partial charge in [-0.2, -0.15) is 0 Å². The Balaban J connectivity index is 0. The number of hydrogen-bond acceptors (Lipinski definition) is 3. The molecule has 0 saturated carbocycles. The number of aliphatic imine (C=N–C) groups is 2. The van der Waals surface area contributed by atoms with Gasteiger partial charge in [-0.3, -0.25) is 9.98 Å². The molecule has 3 rings (SSSR count). The standard InChI is InChI=1S/C39H55N3.3ClH.Nd/c1-22(2)30-18-32(24(5)6)38(33(19-30)25(7)8)40-28(13)36-16-15-17-37(42-36)29(14)41-39-34(26(9)10)20-31(23(3)4)21-35(39)27(11)12;;;;/h15-27H,1-14H3;3*1H;/q;;;;+3/p-3. The summed E-state index contributed by atoms with van der Waals surface area (Å²) in [4.78, 5) is 15.6. The minimum absolute atomic E-state index is 0. The Labute approximate surface area is 332 Å². The maximum absolute atomic E-state index is 5.27. The van der Waals surface area contributed by atoms with Crippen molar-refractivity contribution in [3.05, 3.63) is 87.2 Å². The fourth-order valence-electron chi connectivity index (χ4n) is 5.38. The number of halogens is 3. The Kier molecular flexibility index (Phi) is 21.2. The van der Waals surface area contributed by atoms with Crippen LogP contribution >= 0.6 is 0 Å². The second-order valence-electron chi connectivity index (χ2n) is 13.8. The molecule has 0 aliphatic rings. The molecule has 1 heterocycles. The largest absolute Gasteiger partial charge is 3.00 e. The van der Waals surface area contributed by atoms with Gasteiger partial charge in [-0.25, -0.2) is 4.98 Å². The van der Waals surface area contributed by atoms with Gasteiger partial charge in [0.05, 0.1) is 34.2 Å². The van der Waals surface area contributed by atoms with Crippen molar-refractivity contribution in [3.8, 4) is 0 Å². The zero-order chi connectivity index (χ0) is 31.5. The summed E-state index contributed by atoms with van der Waals surface area (Å²) in [5.41, 5.74) is 13.9. The molecule has 0 atom stereocenters. The van der Waals surface area contributed by atoms with E-state index in [1.807, 2.05) is 0 Å². The molecule has 1 radical (unpaired) electrons. The summed E-state index contributed by atoms with van der Waals surface area (Å²) < 4.78 is 0. The molecule has 2 aromatic carbocycles. The Morgan fingerprint density at radius 2 is 0.739 bits per heavy atom. The van der Waals surface area contributed by atoms with Crippen LogP contribution < -0.4 is 37.2 Å². The molecule has 0 N–H and O–H groups in total. The van der Waals surface area contributed by atoms with Crippen molar-refractivity contribution >= 4 is 22.8 Å². The van der Waals surface area contributed by atoms with Crippen LogP contribution in [0.25, 0.3) is 0 Å². The van der Waals surface area contributed by atoms with E-state index in [2.05, 4.69) is 139 Å². The fourth-order valence-corrected chi connectivity index (χ4v) is 5.38. The third kappa shape index (κ3) is 11.6. The summed E-state index contributed by atoms with van der Waals surface area (Å²) in [5.74, 6) is 2.49. The molecule has 3 aromatic rings. The number of rotatable bonds is 10. The Hall–Kier alpha value is -0.849. The van der Waals surface area contributed by atoms with Crippen LogP contribution in [-0.2, 0) is 0 Å². The third-order valence-corrected chi connectivity index (χ3v) is 8.25. The number of benzene rings is 2. The van der Waals surface area contributed by atoms with Gasteiger partial charge in [0.1, 0.15) is 0 Å². The van der Waals surface area contributed by atoms with E-state index in [1.165, 1.54) is 33.4 Å². The quantitative estimate of drug-likeness (QED) is 0.291. The molecule has 251 valence electrons. The smallest absolute Gasteiger partial charge is 1.00 e. The first-order valence-electron chi connectivity index (χ1n) is 16.1. The monoisotopic (exact) mass is 812 g/mol. The number of nitrogens with zero attached hydrogens (tertiary/aromatic N) is 3. The molecular formula is C39H55Cl3N3Nd. The summed E-state index contributed by atoms with van der Waals surface area (Å²) in [5, 5.41) is 0. The van der Waals surface area contributed by atoms with Crippen LogP contribution in [0.1, 0.15) is 177 Å². The van der Waals surface area contributed by atoms with Gasteiger partial charge in [0.2, 0.25) is 0 Å². The molecule has 0 spiro atoms. The molecule has 7 heteroatoms. The minimum Gasteiger partial charge on any atom is -1.00 e. The molecule has 0 aliphatic heterocycles. The molecule has 0 amide bonds. The number of aromatic nitrogens is 1. The van der Waals surface area contributed by atoms with Crippen LogP contribution in [0.4, 0.5) is 11.4 Å². The van der Waals surface area contributed by atoms with Crippen molar-refractivity contribution in [2.24, 2.45) is 9.98 Å². The van der Waals surface area contributed by atoms with Gasteiger partial charge in [0.25, 0.3) is 0 Å². The Morgan fingerprint density at radius 3 is 0.957 bits per heavy atom. The summed E-state index contributed by atoms with van der Waals surface area (Å²) in [6.07, 6.45) is 0. The van der Waals surface area contributed by atoms with E-state index in [9.17, 15) is 0 Å². The second kappa shape index (κ2) is 20.6. The minimum atomic E-state index is 0. The van der Waals surface area contributed by atoms with E-state index in [1.54, 1.807) is 0 Å². The topological polar surface area (TPSA) is 37.6 Å². The van der Waals surface area contributed by atoms with E-state index >= 15 is 0 Å². The SMILES string of the molecule is CC(=Nc1c(C(C)C)cc(C(C)C)cc1C(C)C)c1cccc(C(C)=Nc2c(C(C)C)cc(C(C)C)cc2C(C)C)n1.[Cl-].[Cl-].[Cl-].[Nd+3]. The maximum atomic E-state index is 5.27. The van der Waals surface area contributed by atoms with E-state index in [0.29, 0.717) is 35.5 Å². The first-order chi connectivity index (χ1) is 19.6. The predicted molar refractivity (Wildman–Crippen MR) is 185 cm³/mol. The van der Waals surface area contributed by atoms with Crippen LogP contribution in [0.15, 0.2) is 52.4 Å². The van der Waals surface area contributed by atoms with Crippen molar-refractivity contribution in [2.75, 3.05) is 0 Å². The average Bonchev–Trinajstić information content (AvgIpc) is 2.92. The Morgan fingerprint density at radius 1 is 0.478 bits per heavy atom. The fraction of sp³-hybridized carbons (Fsp3) is 0.513. The van der Waals surface area contributed by atoms with Crippen molar-refractivity contribution in [3.63, 3.8) is 0 Å². The second-order valence-corrected chi connectivity index (χ2v) is 13.8. The van der Waals surface area contributed by atoms with Crippen molar-refractivity contribution in [2.45, 2.75) is 132 Å². The first-order valence-corrected chi connectivity index (χ1v) is 16.1. The molecule has 0 unspecified atom stereocenters. The van der Waals surface area contributed by atoms with Crippen LogP contribution in [0.3, 0.4) is 0 Å². The zero-order valence-electron chi connectivity index (χ0n) is 30.5. The summed E-state index contributed by atoms with van der Waals surface area (Å²) >= 11 is 0. The summed E-state index contributed by atoms with van der Waals surface area (Å²) in [6, 6.07) is 15.7. The Bertz CT molecular complexity index is 1310.